The van der Waals surface area contributed by atoms with Gasteiger partial charge in [-0.25, -0.2) is 14.5 Å². The summed E-state index contributed by atoms with van der Waals surface area (Å²) < 4.78 is 46.5. The number of rotatable bonds is 5. The van der Waals surface area contributed by atoms with Crippen LogP contribution in [0.5, 0.6) is 11.5 Å². The molecular formula is C18H13F3N4O3. The van der Waals surface area contributed by atoms with Gasteiger partial charge in [-0.3, -0.25) is 0 Å². The molecule has 3 rings (SSSR count). The van der Waals surface area contributed by atoms with E-state index in [0.29, 0.717) is 17.3 Å². The average molecular weight is 390 g/mol. The third kappa shape index (κ3) is 5.34. The molecule has 0 aliphatic rings. The number of nitrogens with two attached hydrogens (primary N) is 1. The first kappa shape index (κ1) is 19.0. The van der Waals surface area contributed by atoms with Crippen LogP contribution in [0.4, 0.5) is 18.0 Å². The molecule has 3 aromatic rings. The van der Waals surface area contributed by atoms with Crippen LogP contribution in [-0.2, 0) is 0 Å². The van der Waals surface area contributed by atoms with E-state index in [1.807, 2.05) is 0 Å². The van der Waals surface area contributed by atoms with Crippen molar-refractivity contribution in [2.75, 3.05) is 0 Å². The van der Waals surface area contributed by atoms with Gasteiger partial charge in [0, 0.05) is 0 Å². The van der Waals surface area contributed by atoms with Gasteiger partial charge in [-0.2, -0.15) is 0 Å². The van der Waals surface area contributed by atoms with Gasteiger partial charge in [0.1, 0.15) is 17.8 Å². The third-order valence-electron chi connectivity index (χ3n) is 3.37. The van der Waals surface area contributed by atoms with Gasteiger partial charge in [0.2, 0.25) is 0 Å². The smallest absolute Gasteiger partial charge is 0.411 e. The summed E-state index contributed by atoms with van der Waals surface area (Å²) in [6.07, 6.45) is -0.800. The molecule has 2 N–H and O–H groups in total. The SMILES string of the molecule is NC(=O)Oc1ccc(C=Cc2ncn(-c3ccc(OC(F)(F)F)cc3)n2)cc1. The molecule has 28 heavy (non-hydrogen) atoms. The van der Waals surface area contributed by atoms with Crippen molar-refractivity contribution in [1.82, 2.24) is 14.8 Å². The highest BCUT2D eigenvalue weighted by atomic mass is 19.4. The monoisotopic (exact) mass is 390 g/mol. The van der Waals surface area contributed by atoms with Crippen LogP contribution in [0.15, 0.2) is 54.9 Å². The van der Waals surface area contributed by atoms with E-state index >= 15 is 0 Å². The number of primary amides is 1. The number of carbonyl (C=O) groups excluding carboxylic acids is 1. The second-order valence-corrected chi connectivity index (χ2v) is 5.41. The zero-order chi connectivity index (χ0) is 20.1. The number of ether oxygens (including phenoxy) is 2. The van der Waals surface area contributed by atoms with Crippen molar-refractivity contribution in [2.24, 2.45) is 5.73 Å². The minimum Gasteiger partial charge on any atom is -0.411 e. The molecule has 144 valence electrons. The van der Waals surface area contributed by atoms with Crippen LogP contribution < -0.4 is 15.2 Å². The van der Waals surface area contributed by atoms with E-state index in [9.17, 15) is 18.0 Å². The molecule has 7 nitrogen and oxygen atoms in total. The maximum Gasteiger partial charge on any atom is 0.573 e. The fourth-order valence-corrected chi connectivity index (χ4v) is 2.21. The van der Waals surface area contributed by atoms with Crippen LogP contribution in [0.25, 0.3) is 17.8 Å². The molecule has 1 amide bonds. The van der Waals surface area contributed by atoms with E-state index in [2.05, 4.69) is 14.8 Å². The van der Waals surface area contributed by atoms with Crippen LogP contribution >= 0.6 is 0 Å². The highest BCUT2D eigenvalue weighted by molar-refractivity contribution is 5.69. The Labute approximate surface area is 156 Å². The van der Waals surface area contributed by atoms with Gasteiger partial charge < -0.3 is 15.2 Å². The molecule has 1 aromatic heterocycles. The van der Waals surface area contributed by atoms with E-state index in [4.69, 9.17) is 10.5 Å². The van der Waals surface area contributed by atoms with Crippen molar-refractivity contribution in [1.29, 1.82) is 0 Å². The van der Waals surface area contributed by atoms with Gasteiger partial charge in [-0.1, -0.05) is 18.2 Å². The largest absolute Gasteiger partial charge is 0.573 e. The molecule has 0 saturated heterocycles. The van der Waals surface area contributed by atoms with Crippen molar-refractivity contribution in [2.45, 2.75) is 6.36 Å². The number of benzene rings is 2. The summed E-state index contributed by atoms with van der Waals surface area (Å²) in [5, 5.41) is 4.23. The third-order valence-corrected chi connectivity index (χ3v) is 3.37. The van der Waals surface area contributed by atoms with Gasteiger partial charge in [0.25, 0.3) is 0 Å². The predicted octanol–water partition coefficient (Wildman–Crippen LogP) is 3.79. The summed E-state index contributed by atoms with van der Waals surface area (Å²) in [4.78, 5) is 14.8. The Morgan fingerprint density at radius 3 is 2.25 bits per heavy atom. The normalized spacial score (nSPS) is 11.5. The minimum atomic E-state index is -4.74. The van der Waals surface area contributed by atoms with E-state index < -0.39 is 12.5 Å². The van der Waals surface area contributed by atoms with Crippen molar-refractivity contribution >= 4 is 18.2 Å². The first-order chi connectivity index (χ1) is 13.3. The molecule has 2 aromatic carbocycles. The number of nitrogens with zero attached hydrogens (tertiary/aromatic N) is 3. The summed E-state index contributed by atoms with van der Waals surface area (Å²) in [5.74, 6) is 0.401. The Bertz CT molecular complexity index is 981. The second kappa shape index (κ2) is 7.82. The maximum absolute atomic E-state index is 12.2. The Morgan fingerprint density at radius 1 is 1.00 bits per heavy atom. The van der Waals surface area contributed by atoms with Gasteiger partial charge in [0.15, 0.2) is 5.82 Å². The van der Waals surface area contributed by atoms with Crippen molar-refractivity contribution in [3.05, 3.63) is 66.2 Å². The molecule has 0 fully saturated rings. The highest BCUT2D eigenvalue weighted by Gasteiger charge is 2.30. The highest BCUT2D eigenvalue weighted by Crippen LogP contribution is 2.23. The molecule has 0 spiro atoms. The summed E-state index contributed by atoms with van der Waals surface area (Å²) in [6, 6.07) is 11.8. The van der Waals surface area contributed by atoms with Crippen molar-refractivity contribution in [3.63, 3.8) is 0 Å². The Hall–Kier alpha value is -3.82. The summed E-state index contributed by atoms with van der Waals surface area (Å²) in [6.45, 7) is 0. The fraction of sp³-hybridized carbons (Fsp3) is 0.0556. The van der Waals surface area contributed by atoms with Crippen LogP contribution in [-0.4, -0.2) is 27.2 Å². The second-order valence-electron chi connectivity index (χ2n) is 5.41. The first-order valence-corrected chi connectivity index (χ1v) is 7.82. The fourth-order valence-electron chi connectivity index (χ4n) is 2.21. The van der Waals surface area contributed by atoms with Gasteiger partial charge >= 0.3 is 12.5 Å². The summed E-state index contributed by atoms with van der Waals surface area (Å²) in [5.41, 5.74) is 6.26. The van der Waals surface area contributed by atoms with Gasteiger partial charge in [0.05, 0.1) is 5.69 Å². The lowest BCUT2D eigenvalue weighted by molar-refractivity contribution is -0.274. The quantitative estimate of drug-likeness (QED) is 0.716. The van der Waals surface area contributed by atoms with Gasteiger partial charge in [-0.05, 0) is 48.0 Å². The lowest BCUT2D eigenvalue weighted by Crippen LogP contribution is -2.17. The van der Waals surface area contributed by atoms with E-state index in [1.165, 1.54) is 35.3 Å². The lowest BCUT2D eigenvalue weighted by Gasteiger charge is -2.08. The van der Waals surface area contributed by atoms with Crippen LogP contribution in [0.2, 0.25) is 0 Å². The van der Waals surface area contributed by atoms with Crippen molar-refractivity contribution in [3.8, 4) is 17.2 Å². The number of amides is 1. The van der Waals surface area contributed by atoms with E-state index in [0.717, 1.165) is 5.56 Å². The zero-order valence-electron chi connectivity index (χ0n) is 14.1. The molecule has 0 aliphatic carbocycles. The van der Waals surface area contributed by atoms with E-state index in [1.54, 1.807) is 36.4 Å². The Morgan fingerprint density at radius 2 is 1.64 bits per heavy atom. The molecule has 0 saturated carbocycles. The molecule has 0 unspecified atom stereocenters. The average Bonchev–Trinajstić information content (AvgIpc) is 3.09. The van der Waals surface area contributed by atoms with Crippen LogP contribution in [0.3, 0.4) is 0 Å². The maximum atomic E-state index is 12.2. The first-order valence-electron chi connectivity index (χ1n) is 7.82. The number of halogens is 3. The lowest BCUT2D eigenvalue weighted by atomic mass is 10.2. The number of carbonyl (C=O) groups is 1. The predicted molar refractivity (Wildman–Crippen MR) is 93.6 cm³/mol. The minimum absolute atomic E-state index is 0.319. The molecule has 0 atom stereocenters. The molecule has 0 radical (unpaired) electrons. The molecule has 10 heteroatoms. The number of alkyl halides is 3. The van der Waals surface area contributed by atoms with Crippen LogP contribution in [0, 0.1) is 0 Å². The van der Waals surface area contributed by atoms with E-state index in [-0.39, 0.29) is 5.75 Å². The molecule has 0 aliphatic heterocycles. The van der Waals surface area contributed by atoms with Crippen molar-refractivity contribution < 1.29 is 27.4 Å². The topological polar surface area (TPSA) is 92.3 Å². The number of hydrogen-bond acceptors (Lipinski definition) is 5. The standard InChI is InChI=1S/C18H13F3N4O3/c19-18(20,21)28-15-8-4-13(5-9-15)25-11-23-16(24-25)10-3-12-1-6-14(7-2-12)27-17(22)26/h1-11H,(H2,22,26). The Kier molecular flexibility index (Phi) is 5.30. The zero-order valence-corrected chi connectivity index (χ0v) is 14.1. The Balaban J connectivity index is 1.66. The molecular weight excluding hydrogens is 377 g/mol. The summed E-state index contributed by atoms with van der Waals surface area (Å²) >= 11 is 0. The molecule has 1 heterocycles. The summed E-state index contributed by atoms with van der Waals surface area (Å²) in [7, 11) is 0. The number of aromatic nitrogens is 3. The molecule has 0 bridgehead atoms. The van der Waals surface area contributed by atoms with Gasteiger partial charge in [-0.15, -0.1) is 18.3 Å². The number of hydrogen-bond donors (Lipinski definition) is 1. The van der Waals surface area contributed by atoms with Crippen LogP contribution in [0.1, 0.15) is 11.4 Å².